The predicted octanol–water partition coefficient (Wildman–Crippen LogP) is 0.234. The average Bonchev–Trinajstić information content (AvgIpc) is 3.13. The molecule has 3 heterocycles. The summed E-state index contributed by atoms with van der Waals surface area (Å²) in [5, 5.41) is 28.0. The van der Waals surface area contributed by atoms with Crippen molar-refractivity contribution in [3.05, 3.63) is 36.8 Å². The van der Waals surface area contributed by atoms with Gasteiger partial charge < -0.3 is 1.43 Å². The number of nitrogens with zero attached hydrogens (tertiary/aromatic N) is 3. The van der Waals surface area contributed by atoms with Gasteiger partial charge in [0.1, 0.15) is 0 Å². The molecule has 3 rings (SSSR count). The molecule has 0 saturated heterocycles. The fraction of sp³-hybridized carbons (Fsp3) is 0.250. The van der Waals surface area contributed by atoms with E-state index in [0.29, 0.717) is 0 Å². The minimum Gasteiger partial charge on any atom is -1.00 e. The number of H-pyrrole nitrogens is 3. The molecule has 3 N–H and O–H groups in total. The Morgan fingerprint density at radius 1 is 0.800 bits per heavy atom. The van der Waals surface area contributed by atoms with Crippen LogP contribution in [0.1, 0.15) is 1.43 Å². The van der Waals surface area contributed by atoms with Gasteiger partial charge in [-0.15, -0.1) is 0 Å². The molecule has 8 heteroatoms. The zero-order chi connectivity index (χ0) is 14.4. The first kappa shape index (κ1) is 14.8. The molecule has 0 saturated carbocycles. The largest absolute Gasteiger partial charge is 1.00 e. The monoisotopic (exact) mass is 306 g/mol. The summed E-state index contributed by atoms with van der Waals surface area (Å²) in [5.41, 5.74) is 2.71. The smallest absolute Gasteiger partial charge is 0.317 e. The summed E-state index contributed by atoms with van der Waals surface area (Å²) in [6.07, 6.45) is 5.38. The molecule has 0 fully saturated rings. The number of hydrogen-bond donors (Lipinski definition) is 3. The molecule has 6 nitrogen and oxygen atoms in total. The number of hydrogen-bond acceptors (Lipinski definition) is 3. The second kappa shape index (κ2) is 7.26. The van der Waals surface area contributed by atoms with Gasteiger partial charge in [-0.3, -0.25) is 15.3 Å². The molecule has 0 aliphatic heterocycles. The summed E-state index contributed by atoms with van der Waals surface area (Å²) in [6.45, 7) is -0.0382. The normalized spacial score (nSPS) is 9.75. The second-order valence-corrected chi connectivity index (χ2v) is 9.61. The fourth-order valence-electron chi connectivity index (χ4n) is 1.75. The molecule has 20 heavy (non-hydrogen) atoms. The topological polar surface area (TPSA) is 86.0 Å². The SMILES string of the molecule is [CH3][Ti]([CH3])[CH3].[H-].c1cc(B(c2cc[nH]n2)c2cc[nH]n2)n[nH]1. The van der Waals surface area contributed by atoms with Crippen LogP contribution in [0.15, 0.2) is 36.8 Å². The molecule has 0 spiro atoms. The Kier molecular flexibility index (Phi) is 5.38. The maximum atomic E-state index is 4.20. The molecule has 0 radical (unpaired) electrons. The first-order valence-corrected chi connectivity index (χ1v) is 11.1. The van der Waals surface area contributed by atoms with E-state index in [-0.39, 0.29) is 26.0 Å². The van der Waals surface area contributed by atoms with Crippen molar-refractivity contribution in [2.45, 2.75) is 15.7 Å². The van der Waals surface area contributed by atoms with E-state index in [1.165, 1.54) is 0 Å². The fourth-order valence-corrected chi connectivity index (χ4v) is 1.75. The molecule has 0 amide bonds. The molecular formula is C12H19BN6Ti-. The van der Waals surface area contributed by atoms with Gasteiger partial charge in [-0.05, 0) is 18.2 Å². The van der Waals surface area contributed by atoms with Gasteiger partial charge in [-0.25, -0.2) is 0 Å². The molecule has 0 bridgehead atoms. The molecular weight excluding hydrogens is 287 g/mol. The number of nitrogens with one attached hydrogen (secondary N) is 3. The van der Waals surface area contributed by atoms with Crippen LogP contribution in [0.2, 0.25) is 15.7 Å². The van der Waals surface area contributed by atoms with Crippen LogP contribution in [-0.4, -0.2) is 37.3 Å². The van der Waals surface area contributed by atoms with Gasteiger partial charge in [0.25, 0.3) is 0 Å². The number of rotatable bonds is 3. The van der Waals surface area contributed by atoms with E-state index < -0.39 is 0 Å². The van der Waals surface area contributed by atoms with Crippen molar-refractivity contribution in [3.63, 3.8) is 0 Å². The Morgan fingerprint density at radius 2 is 1.10 bits per heavy atom. The minimum absolute atomic E-state index is 0. The third kappa shape index (κ3) is 3.95. The van der Waals surface area contributed by atoms with Crippen LogP contribution in [0, 0.1) is 0 Å². The predicted molar refractivity (Wildman–Crippen MR) is 79.1 cm³/mol. The third-order valence-electron chi connectivity index (χ3n) is 2.45. The first-order valence-electron chi connectivity index (χ1n) is 6.44. The Balaban J connectivity index is 0.000000397. The van der Waals surface area contributed by atoms with Crippen molar-refractivity contribution in [1.82, 2.24) is 30.6 Å². The Hall–Kier alpha value is -1.59. The molecule has 105 valence electrons. The maximum absolute atomic E-state index is 4.20. The standard InChI is InChI=1S/C9H9BN6.3CH3.Ti.H/c1-4-11-14-7(1)10(8-2-5-12-15-8)9-3-6-13-16-9;;;;;/h1-6H,(H,11,14)(H,12,15)(H,13,16);3*1H3;;/q;;;;;-1. The molecule has 0 aliphatic carbocycles. The second-order valence-electron chi connectivity index (χ2n) is 4.93. The van der Waals surface area contributed by atoms with E-state index in [1.807, 2.05) is 18.2 Å². The zero-order valence-corrected chi connectivity index (χ0v) is 13.4. The van der Waals surface area contributed by atoms with Crippen molar-refractivity contribution in [2.24, 2.45) is 0 Å². The van der Waals surface area contributed by atoms with E-state index in [9.17, 15) is 0 Å². The Bertz CT molecular complexity index is 497. The summed E-state index contributed by atoms with van der Waals surface area (Å²) in [7, 11) is 0. The minimum atomic E-state index is -0.333. The molecule has 3 aromatic rings. The first-order chi connectivity index (χ1) is 9.68. The maximum Gasteiger partial charge on any atom is 0.317 e. The molecule has 0 atom stereocenters. The van der Waals surface area contributed by atoms with Gasteiger partial charge in [0, 0.05) is 35.4 Å². The number of aromatic nitrogens is 6. The van der Waals surface area contributed by atoms with E-state index >= 15 is 0 Å². The Morgan fingerprint density at radius 3 is 1.30 bits per heavy atom. The van der Waals surface area contributed by atoms with Crippen LogP contribution in [0.4, 0.5) is 0 Å². The summed E-state index contributed by atoms with van der Waals surface area (Å²) in [4.78, 5) is 0. The van der Waals surface area contributed by atoms with Crippen molar-refractivity contribution in [3.8, 4) is 0 Å². The van der Waals surface area contributed by atoms with Gasteiger partial charge in [0.15, 0.2) is 0 Å². The van der Waals surface area contributed by atoms with Crippen molar-refractivity contribution >= 4 is 23.5 Å². The van der Waals surface area contributed by atoms with Gasteiger partial charge >= 0.3 is 40.3 Å². The van der Waals surface area contributed by atoms with E-state index in [4.69, 9.17) is 0 Å². The molecule has 0 unspecified atom stereocenters. The van der Waals surface area contributed by atoms with Crippen LogP contribution in [0.5, 0.6) is 0 Å². The van der Waals surface area contributed by atoms with Gasteiger partial charge in [0.05, 0.1) is 0 Å². The van der Waals surface area contributed by atoms with Crippen LogP contribution < -0.4 is 16.8 Å². The summed E-state index contributed by atoms with van der Waals surface area (Å²) >= 11 is -0.333. The van der Waals surface area contributed by atoms with Gasteiger partial charge in [-0.1, -0.05) is 0 Å². The Labute approximate surface area is 126 Å². The number of aromatic amines is 3. The van der Waals surface area contributed by atoms with Crippen LogP contribution in [-0.2, 0) is 17.9 Å². The van der Waals surface area contributed by atoms with E-state index in [1.54, 1.807) is 18.6 Å². The van der Waals surface area contributed by atoms with Crippen LogP contribution >= 0.6 is 0 Å². The molecule has 3 aromatic heterocycles. The van der Waals surface area contributed by atoms with Crippen molar-refractivity contribution in [1.29, 1.82) is 0 Å². The van der Waals surface area contributed by atoms with E-state index in [0.717, 1.165) is 16.8 Å². The zero-order valence-electron chi connectivity index (χ0n) is 12.9. The summed E-state index contributed by atoms with van der Waals surface area (Å²) in [5.74, 6) is 0. The van der Waals surface area contributed by atoms with Gasteiger partial charge in [0.2, 0.25) is 0 Å². The summed E-state index contributed by atoms with van der Waals surface area (Å²) < 4.78 is 0. The van der Waals surface area contributed by atoms with Crippen molar-refractivity contribution in [2.75, 3.05) is 0 Å². The summed E-state index contributed by atoms with van der Waals surface area (Å²) in [6, 6.07) is 5.77. The molecule has 0 aliphatic rings. The average molecular weight is 306 g/mol. The van der Waals surface area contributed by atoms with Crippen LogP contribution in [0.25, 0.3) is 0 Å². The van der Waals surface area contributed by atoms with E-state index in [2.05, 4.69) is 46.3 Å². The van der Waals surface area contributed by atoms with Gasteiger partial charge in [-0.2, -0.15) is 15.3 Å². The van der Waals surface area contributed by atoms with Crippen molar-refractivity contribution < 1.29 is 19.3 Å². The van der Waals surface area contributed by atoms with Crippen LogP contribution in [0.3, 0.4) is 0 Å². The third-order valence-corrected chi connectivity index (χ3v) is 2.45. The quantitative estimate of drug-likeness (QED) is 0.606. The molecule has 0 aromatic carbocycles.